The molecule has 5 nitrogen and oxygen atoms in total. The third-order valence-corrected chi connectivity index (χ3v) is 5.23. The van der Waals surface area contributed by atoms with Crippen LogP contribution in [0.4, 0.5) is 0 Å². The fourth-order valence-electron chi connectivity index (χ4n) is 1.24. The first kappa shape index (κ1) is 16.6. The molecule has 0 saturated carbocycles. The summed E-state index contributed by atoms with van der Waals surface area (Å²) in [5.41, 5.74) is 0.171. The van der Waals surface area contributed by atoms with E-state index in [4.69, 9.17) is 10.7 Å². The van der Waals surface area contributed by atoms with Gasteiger partial charge in [-0.15, -0.1) is 0 Å². The van der Waals surface area contributed by atoms with Crippen molar-refractivity contribution in [2.24, 2.45) is 0 Å². The number of carbonyl (C=O) groups excluding carboxylic acids is 1. The van der Waals surface area contributed by atoms with Crippen molar-refractivity contribution in [1.82, 2.24) is 5.32 Å². The van der Waals surface area contributed by atoms with E-state index < -0.39 is 25.8 Å². The topological polar surface area (TPSA) is 80.3 Å². The second-order valence-electron chi connectivity index (χ2n) is 3.62. The highest BCUT2D eigenvalue weighted by molar-refractivity contribution is 9.10. The summed E-state index contributed by atoms with van der Waals surface area (Å²) in [6, 6.07) is 4.08. The Bertz CT molecular complexity index is 618. The van der Waals surface area contributed by atoms with Crippen LogP contribution in [0.15, 0.2) is 27.6 Å². The highest BCUT2D eigenvalue weighted by Crippen LogP contribution is 2.26. The number of amides is 1. The van der Waals surface area contributed by atoms with E-state index in [1.54, 1.807) is 0 Å². The predicted octanol–water partition coefficient (Wildman–Crippen LogP) is 1.48. The monoisotopic (exact) mass is 387 g/mol. The van der Waals surface area contributed by atoms with Gasteiger partial charge in [0.1, 0.15) is 0 Å². The van der Waals surface area contributed by atoms with Crippen LogP contribution < -0.4 is 5.32 Å². The summed E-state index contributed by atoms with van der Waals surface area (Å²) < 4.78 is 33.7. The smallest absolute Gasteiger partial charge is 0.262 e. The number of carbonyl (C=O) groups is 1. The van der Waals surface area contributed by atoms with Gasteiger partial charge in [-0.1, -0.05) is 0 Å². The number of hydrogen-bond acceptors (Lipinski definition) is 4. The summed E-state index contributed by atoms with van der Waals surface area (Å²) in [5, 5.41) is 2.54. The van der Waals surface area contributed by atoms with Gasteiger partial charge in [-0.25, -0.2) is 8.42 Å². The molecule has 0 aliphatic rings. The molecule has 9 heteroatoms. The Morgan fingerprint density at radius 3 is 2.63 bits per heavy atom. The molecule has 19 heavy (non-hydrogen) atoms. The van der Waals surface area contributed by atoms with Crippen LogP contribution in [0.2, 0.25) is 0 Å². The van der Waals surface area contributed by atoms with E-state index in [0.29, 0.717) is 5.75 Å². The van der Waals surface area contributed by atoms with Crippen molar-refractivity contribution in [3.8, 4) is 0 Å². The third-order valence-electron chi connectivity index (χ3n) is 2.13. The molecule has 1 aromatic carbocycles. The first-order valence-corrected chi connectivity index (χ1v) is 9.87. The van der Waals surface area contributed by atoms with Crippen LogP contribution in [0.25, 0.3) is 0 Å². The van der Waals surface area contributed by atoms with Gasteiger partial charge in [0, 0.05) is 50.1 Å². The molecule has 0 radical (unpaired) electrons. The van der Waals surface area contributed by atoms with Crippen LogP contribution in [0.3, 0.4) is 0 Å². The minimum Gasteiger partial charge on any atom is -0.351 e. The van der Waals surface area contributed by atoms with Crippen molar-refractivity contribution in [2.45, 2.75) is 4.90 Å². The van der Waals surface area contributed by atoms with Gasteiger partial charge in [0.25, 0.3) is 15.0 Å². The molecule has 1 N–H and O–H groups in total. The summed E-state index contributed by atoms with van der Waals surface area (Å²) in [5.74, 6) is -0.109. The van der Waals surface area contributed by atoms with E-state index in [-0.39, 0.29) is 21.5 Å². The largest absolute Gasteiger partial charge is 0.351 e. The zero-order chi connectivity index (χ0) is 14.6. The molecule has 0 spiro atoms. The second-order valence-corrected chi connectivity index (χ2v) is 8.56. The molecule has 1 aromatic rings. The van der Waals surface area contributed by atoms with Crippen LogP contribution >= 0.6 is 26.6 Å². The first-order chi connectivity index (χ1) is 8.71. The molecule has 0 aliphatic heterocycles. The standard InChI is InChI=1S/C10H11BrClNO4S2/c1-18(15)5-4-13-10(14)7-2-3-8(11)9(6-7)19(12,16)17/h2-3,6H,4-5H2,1H3,(H,13,14). The van der Waals surface area contributed by atoms with Crippen LogP contribution in [0, 0.1) is 0 Å². The molecule has 0 fully saturated rings. The summed E-state index contributed by atoms with van der Waals surface area (Å²) >= 11 is 3.05. The molecule has 1 atom stereocenters. The Balaban J connectivity index is 2.91. The summed E-state index contributed by atoms with van der Waals surface area (Å²) in [7, 11) is 0.330. The molecule has 106 valence electrons. The molecule has 1 unspecified atom stereocenters. The van der Waals surface area contributed by atoms with Crippen molar-refractivity contribution in [3.63, 3.8) is 0 Å². The number of rotatable bonds is 5. The van der Waals surface area contributed by atoms with Crippen molar-refractivity contribution in [3.05, 3.63) is 28.2 Å². The predicted molar refractivity (Wildman–Crippen MR) is 78.4 cm³/mol. The zero-order valence-electron chi connectivity index (χ0n) is 9.85. The maximum Gasteiger partial charge on any atom is 0.262 e. The van der Waals surface area contributed by atoms with E-state index in [0.717, 1.165) is 0 Å². The minimum atomic E-state index is -3.93. The lowest BCUT2D eigenvalue weighted by atomic mass is 10.2. The van der Waals surface area contributed by atoms with Gasteiger partial charge in [0.05, 0.1) is 4.90 Å². The van der Waals surface area contributed by atoms with Crippen LogP contribution in [0.1, 0.15) is 10.4 Å². The minimum absolute atomic E-state index is 0.166. The van der Waals surface area contributed by atoms with E-state index in [9.17, 15) is 17.4 Å². The Morgan fingerprint density at radius 1 is 1.47 bits per heavy atom. The summed E-state index contributed by atoms with van der Waals surface area (Å²) in [6.45, 7) is 0.251. The number of benzene rings is 1. The Morgan fingerprint density at radius 2 is 2.11 bits per heavy atom. The number of nitrogens with one attached hydrogen (secondary N) is 1. The third kappa shape index (κ3) is 5.21. The molecule has 1 amide bonds. The lowest BCUT2D eigenvalue weighted by Crippen LogP contribution is -2.27. The molecule has 0 aromatic heterocycles. The highest BCUT2D eigenvalue weighted by atomic mass is 79.9. The number of halogens is 2. The zero-order valence-corrected chi connectivity index (χ0v) is 13.8. The van der Waals surface area contributed by atoms with Gasteiger partial charge in [0.2, 0.25) is 0 Å². The van der Waals surface area contributed by atoms with Gasteiger partial charge in [-0.05, 0) is 34.1 Å². The van der Waals surface area contributed by atoms with Crippen molar-refractivity contribution < 1.29 is 17.4 Å². The van der Waals surface area contributed by atoms with E-state index >= 15 is 0 Å². The molecule has 0 saturated heterocycles. The van der Waals surface area contributed by atoms with Crippen molar-refractivity contribution in [2.75, 3.05) is 18.6 Å². The van der Waals surface area contributed by atoms with Gasteiger partial charge >= 0.3 is 0 Å². The Hall–Kier alpha value is -0.440. The second kappa shape index (κ2) is 6.83. The van der Waals surface area contributed by atoms with E-state index in [1.807, 2.05) is 0 Å². The fourth-order valence-corrected chi connectivity index (χ4v) is 3.75. The average molecular weight is 389 g/mol. The maximum atomic E-state index is 11.8. The van der Waals surface area contributed by atoms with Gasteiger partial charge in [-0.3, -0.25) is 9.00 Å². The lowest BCUT2D eigenvalue weighted by Gasteiger charge is -2.06. The fraction of sp³-hybridized carbons (Fsp3) is 0.300. The van der Waals surface area contributed by atoms with Gasteiger partial charge in [0.15, 0.2) is 0 Å². The number of hydrogen-bond donors (Lipinski definition) is 1. The molecule has 1 rings (SSSR count). The molecule has 0 heterocycles. The van der Waals surface area contributed by atoms with E-state index in [1.165, 1.54) is 24.5 Å². The molecular weight excluding hydrogens is 378 g/mol. The summed E-state index contributed by atoms with van der Waals surface area (Å²) in [4.78, 5) is 11.6. The molecule has 0 aliphatic carbocycles. The maximum absolute atomic E-state index is 11.8. The highest BCUT2D eigenvalue weighted by Gasteiger charge is 2.17. The average Bonchev–Trinajstić information content (AvgIpc) is 2.27. The van der Waals surface area contributed by atoms with Gasteiger partial charge in [-0.2, -0.15) is 0 Å². The van der Waals surface area contributed by atoms with Crippen molar-refractivity contribution >= 4 is 52.4 Å². The van der Waals surface area contributed by atoms with Crippen LogP contribution in [0.5, 0.6) is 0 Å². The lowest BCUT2D eigenvalue weighted by molar-refractivity contribution is 0.0956. The van der Waals surface area contributed by atoms with Crippen molar-refractivity contribution in [1.29, 1.82) is 0 Å². The molecular formula is C10H11BrClNO4S2. The van der Waals surface area contributed by atoms with E-state index in [2.05, 4.69) is 21.2 Å². The van der Waals surface area contributed by atoms with Crippen LogP contribution in [-0.2, 0) is 19.9 Å². The normalized spacial score (nSPS) is 13.0. The first-order valence-electron chi connectivity index (χ1n) is 5.04. The van der Waals surface area contributed by atoms with Gasteiger partial charge < -0.3 is 5.32 Å². The Labute approximate surface area is 126 Å². The quantitative estimate of drug-likeness (QED) is 0.775. The summed E-state index contributed by atoms with van der Waals surface area (Å²) in [6.07, 6.45) is 1.53. The SMILES string of the molecule is CS(=O)CCNC(=O)c1ccc(Br)c(S(=O)(=O)Cl)c1. The molecule has 0 bridgehead atoms. The Kier molecular flexibility index (Phi) is 5.97. The van der Waals surface area contributed by atoms with Crippen LogP contribution in [-0.4, -0.2) is 37.1 Å².